The average molecular weight is 488 g/mol. The number of benzene rings is 2. The summed E-state index contributed by atoms with van der Waals surface area (Å²) in [7, 11) is 0. The second-order valence-corrected chi connectivity index (χ2v) is 7.85. The predicted molar refractivity (Wildman–Crippen MR) is 119 cm³/mol. The van der Waals surface area contributed by atoms with Gasteiger partial charge in [-0.2, -0.15) is 8.78 Å². The van der Waals surface area contributed by atoms with Crippen molar-refractivity contribution < 1.29 is 37.4 Å². The largest absolute Gasteiger partial charge is 0.490 e. The summed E-state index contributed by atoms with van der Waals surface area (Å²) in [5, 5.41) is 21.9. The van der Waals surface area contributed by atoms with Crippen molar-refractivity contribution in [3.63, 3.8) is 0 Å². The van der Waals surface area contributed by atoms with Crippen molar-refractivity contribution in [1.29, 1.82) is 0 Å². The Kier molecular flexibility index (Phi) is 7.38. The monoisotopic (exact) mass is 488 g/mol. The van der Waals surface area contributed by atoms with Crippen LogP contribution in [-0.4, -0.2) is 39.9 Å². The number of rotatable bonds is 9. The molecule has 35 heavy (non-hydrogen) atoms. The summed E-state index contributed by atoms with van der Waals surface area (Å²) in [6.45, 7) is -2.92. The van der Waals surface area contributed by atoms with Gasteiger partial charge in [0.15, 0.2) is 0 Å². The van der Waals surface area contributed by atoms with E-state index in [4.69, 9.17) is 14.3 Å². The van der Waals surface area contributed by atoms with Crippen LogP contribution in [-0.2, 0) is 4.79 Å². The standard InChI is InChI=1S/C23H22F2N4O6/c24-22(25)34-18-11-5-15(6-12-18)27-23-29-28-20(35-23)19(30)26-14-3-9-17(10-4-14)33-16-7-1-13(2-8-16)21(31)32/h3-6,9-13,16,22H,1-2,7-8H2,(H,26,30)(H,27,29)(H,31,32). The van der Waals surface area contributed by atoms with Crippen LogP contribution in [0.5, 0.6) is 11.5 Å². The van der Waals surface area contributed by atoms with E-state index in [1.54, 1.807) is 24.3 Å². The minimum Gasteiger partial charge on any atom is -0.490 e. The third-order valence-corrected chi connectivity index (χ3v) is 5.39. The van der Waals surface area contributed by atoms with Gasteiger partial charge in [0, 0.05) is 11.4 Å². The summed E-state index contributed by atoms with van der Waals surface area (Å²) in [4.78, 5) is 23.5. The number of nitrogens with one attached hydrogen (secondary N) is 2. The Bertz CT molecular complexity index is 1150. The molecule has 3 N–H and O–H groups in total. The van der Waals surface area contributed by atoms with Gasteiger partial charge in [0.1, 0.15) is 11.5 Å². The highest BCUT2D eigenvalue weighted by atomic mass is 19.3. The van der Waals surface area contributed by atoms with Crippen LogP contribution in [0.15, 0.2) is 52.9 Å². The number of carboxylic acids is 1. The van der Waals surface area contributed by atoms with E-state index in [1.165, 1.54) is 24.3 Å². The number of halogens is 2. The number of aromatic nitrogens is 2. The fourth-order valence-corrected chi connectivity index (χ4v) is 3.63. The van der Waals surface area contributed by atoms with Crippen LogP contribution < -0.4 is 20.1 Å². The molecule has 0 bridgehead atoms. The average Bonchev–Trinajstić information content (AvgIpc) is 3.30. The minimum atomic E-state index is -2.92. The van der Waals surface area contributed by atoms with Crippen molar-refractivity contribution in [3.8, 4) is 11.5 Å². The van der Waals surface area contributed by atoms with Crippen molar-refractivity contribution in [1.82, 2.24) is 10.2 Å². The molecule has 1 aliphatic carbocycles. The molecule has 2 aromatic carbocycles. The summed E-state index contributed by atoms with van der Waals surface area (Å²) < 4.78 is 39.9. The van der Waals surface area contributed by atoms with Crippen LogP contribution in [0.4, 0.5) is 26.2 Å². The molecule has 12 heteroatoms. The number of nitrogens with zero attached hydrogens (tertiary/aromatic N) is 2. The SMILES string of the molecule is O=C(Nc1ccc(OC2CCC(C(=O)O)CC2)cc1)c1nnc(Nc2ccc(OC(F)F)cc2)o1. The fraction of sp³-hybridized carbons (Fsp3) is 0.304. The van der Waals surface area contributed by atoms with Crippen molar-refractivity contribution in [2.45, 2.75) is 38.4 Å². The maximum absolute atomic E-state index is 12.4. The first-order valence-corrected chi connectivity index (χ1v) is 10.8. The molecule has 0 unspecified atom stereocenters. The molecule has 1 aliphatic rings. The molecule has 0 spiro atoms. The Balaban J connectivity index is 1.27. The van der Waals surface area contributed by atoms with Gasteiger partial charge in [-0.3, -0.25) is 9.59 Å². The van der Waals surface area contributed by atoms with Gasteiger partial charge in [-0.05, 0) is 74.2 Å². The lowest BCUT2D eigenvalue weighted by molar-refractivity contribution is -0.143. The molecule has 0 radical (unpaired) electrons. The van der Waals surface area contributed by atoms with Gasteiger partial charge in [-0.15, -0.1) is 5.10 Å². The minimum absolute atomic E-state index is 0.00173. The summed E-state index contributed by atoms with van der Waals surface area (Å²) in [6.07, 6.45) is 2.50. The molecular weight excluding hydrogens is 466 g/mol. The molecule has 1 amide bonds. The molecular formula is C23H22F2N4O6. The molecule has 4 rings (SSSR count). The number of ether oxygens (including phenoxy) is 2. The summed E-state index contributed by atoms with van der Waals surface area (Å²) in [5.41, 5.74) is 0.952. The summed E-state index contributed by atoms with van der Waals surface area (Å²) >= 11 is 0. The van der Waals surface area contributed by atoms with E-state index >= 15 is 0 Å². The van der Waals surface area contributed by atoms with Gasteiger partial charge >= 0.3 is 30.4 Å². The highest BCUT2D eigenvalue weighted by molar-refractivity contribution is 6.00. The zero-order valence-corrected chi connectivity index (χ0v) is 18.3. The Morgan fingerprint density at radius 2 is 1.57 bits per heavy atom. The van der Waals surface area contributed by atoms with Crippen molar-refractivity contribution >= 4 is 29.3 Å². The molecule has 10 nitrogen and oxygen atoms in total. The highest BCUT2D eigenvalue weighted by Crippen LogP contribution is 2.28. The van der Waals surface area contributed by atoms with Crippen LogP contribution in [0, 0.1) is 5.92 Å². The zero-order chi connectivity index (χ0) is 24.8. The van der Waals surface area contributed by atoms with E-state index in [1.807, 2.05) is 0 Å². The second-order valence-electron chi connectivity index (χ2n) is 7.85. The first kappa shape index (κ1) is 23.9. The number of anilines is 3. The first-order valence-electron chi connectivity index (χ1n) is 10.8. The number of alkyl halides is 2. The number of hydrogen-bond donors (Lipinski definition) is 3. The smallest absolute Gasteiger partial charge is 0.387 e. The number of carbonyl (C=O) groups excluding carboxylic acids is 1. The number of aliphatic carboxylic acids is 1. The normalized spacial score (nSPS) is 17.6. The third-order valence-electron chi connectivity index (χ3n) is 5.39. The Hall–Kier alpha value is -4.22. The van der Waals surface area contributed by atoms with Crippen LogP contribution in [0.2, 0.25) is 0 Å². The van der Waals surface area contributed by atoms with Gasteiger partial charge in [0.2, 0.25) is 0 Å². The van der Waals surface area contributed by atoms with Crippen molar-refractivity contribution in [3.05, 3.63) is 54.4 Å². The fourth-order valence-electron chi connectivity index (χ4n) is 3.63. The Labute approximate surface area is 198 Å². The first-order chi connectivity index (χ1) is 16.9. The topological polar surface area (TPSA) is 136 Å². The molecule has 0 atom stereocenters. The zero-order valence-electron chi connectivity index (χ0n) is 18.3. The van der Waals surface area contributed by atoms with Gasteiger partial charge < -0.3 is 29.6 Å². The summed E-state index contributed by atoms with van der Waals surface area (Å²) in [5.74, 6) is -1.34. The Morgan fingerprint density at radius 3 is 2.20 bits per heavy atom. The number of carboxylic acid groups (broad SMARTS) is 1. The molecule has 1 saturated carbocycles. The van der Waals surface area contributed by atoms with E-state index in [0.717, 1.165) is 0 Å². The molecule has 1 fully saturated rings. The predicted octanol–water partition coefficient (Wildman–Crippen LogP) is 4.69. The number of hydrogen-bond acceptors (Lipinski definition) is 8. The molecule has 3 aromatic rings. The van der Waals surface area contributed by atoms with Gasteiger partial charge in [-0.25, -0.2) is 0 Å². The molecule has 1 heterocycles. The van der Waals surface area contributed by atoms with Crippen LogP contribution in [0.25, 0.3) is 0 Å². The van der Waals surface area contributed by atoms with Crippen molar-refractivity contribution in [2.24, 2.45) is 5.92 Å². The van der Waals surface area contributed by atoms with E-state index in [9.17, 15) is 18.4 Å². The van der Waals surface area contributed by atoms with E-state index in [-0.39, 0.29) is 29.7 Å². The lowest BCUT2D eigenvalue weighted by Gasteiger charge is -2.26. The van der Waals surface area contributed by atoms with E-state index in [0.29, 0.717) is 42.8 Å². The van der Waals surface area contributed by atoms with Gasteiger partial charge in [0.25, 0.3) is 0 Å². The summed E-state index contributed by atoms with van der Waals surface area (Å²) in [6, 6.07) is 12.3. The second kappa shape index (κ2) is 10.8. The molecule has 184 valence electrons. The van der Waals surface area contributed by atoms with Crippen LogP contribution in [0.1, 0.15) is 36.4 Å². The Morgan fingerprint density at radius 1 is 0.943 bits per heavy atom. The lowest BCUT2D eigenvalue weighted by atomic mass is 9.87. The maximum atomic E-state index is 12.4. The molecule has 0 saturated heterocycles. The number of amides is 1. The van der Waals surface area contributed by atoms with E-state index < -0.39 is 18.5 Å². The van der Waals surface area contributed by atoms with Gasteiger partial charge in [-0.1, -0.05) is 5.10 Å². The quantitative estimate of drug-likeness (QED) is 0.392. The van der Waals surface area contributed by atoms with Crippen molar-refractivity contribution in [2.75, 3.05) is 10.6 Å². The third kappa shape index (κ3) is 6.65. The maximum Gasteiger partial charge on any atom is 0.387 e. The lowest BCUT2D eigenvalue weighted by Crippen LogP contribution is -2.27. The highest BCUT2D eigenvalue weighted by Gasteiger charge is 2.27. The molecule has 1 aromatic heterocycles. The van der Waals surface area contributed by atoms with Crippen LogP contribution in [0.3, 0.4) is 0 Å². The molecule has 0 aliphatic heterocycles. The van der Waals surface area contributed by atoms with E-state index in [2.05, 4.69) is 25.6 Å². The van der Waals surface area contributed by atoms with Crippen LogP contribution >= 0.6 is 0 Å². The van der Waals surface area contributed by atoms with Gasteiger partial charge in [0.05, 0.1) is 12.0 Å². The number of carbonyl (C=O) groups is 2.